The molecule has 0 aromatic heterocycles. The van der Waals surface area contributed by atoms with Gasteiger partial charge in [-0.25, -0.2) is 4.79 Å². The first-order chi connectivity index (χ1) is 8.90. The Labute approximate surface area is 121 Å². The van der Waals surface area contributed by atoms with Crippen LogP contribution in [0.3, 0.4) is 0 Å². The molecule has 1 aromatic rings. The van der Waals surface area contributed by atoms with Crippen molar-refractivity contribution in [2.24, 2.45) is 5.92 Å². The van der Waals surface area contributed by atoms with Crippen LogP contribution in [0.2, 0.25) is 0 Å². The summed E-state index contributed by atoms with van der Waals surface area (Å²) in [5.74, 6) is -1.36. The molecule has 19 heavy (non-hydrogen) atoms. The number of nitrogens with one attached hydrogen (secondary N) is 1. The quantitative estimate of drug-likeness (QED) is 0.844. The van der Waals surface area contributed by atoms with Gasteiger partial charge >= 0.3 is 5.97 Å². The zero-order chi connectivity index (χ0) is 14.4. The number of carbonyl (C=O) groups excluding carboxylic acids is 1. The molecule has 0 aliphatic heterocycles. The fraction of sp³-hybridized carbons (Fsp3) is 0.429. The van der Waals surface area contributed by atoms with Crippen LogP contribution in [0.5, 0.6) is 0 Å². The Morgan fingerprint density at radius 3 is 2.32 bits per heavy atom. The van der Waals surface area contributed by atoms with Gasteiger partial charge < -0.3 is 10.4 Å². The molecule has 104 valence electrons. The molecule has 0 fully saturated rings. The molecule has 0 saturated carbocycles. The van der Waals surface area contributed by atoms with Gasteiger partial charge in [-0.1, -0.05) is 41.9 Å². The molecule has 0 aliphatic carbocycles. The predicted octanol–water partition coefficient (Wildman–Crippen LogP) is 2.61. The molecule has 0 spiro atoms. The molecule has 5 heteroatoms. The van der Waals surface area contributed by atoms with E-state index in [1.54, 1.807) is 13.8 Å². The number of amides is 1. The van der Waals surface area contributed by atoms with Crippen molar-refractivity contribution >= 4 is 27.8 Å². The molecule has 2 N–H and O–H groups in total. The van der Waals surface area contributed by atoms with Crippen LogP contribution in [0.4, 0.5) is 0 Å². The number of carboxylic acids is 1. The summed E-state index contributed by atoms with van der Waals surface area (Å²) < 4.78 is 0.992. The Balaban J connectivity index is 2.47. The van der Waals surface area contributed by atoms with Crippen molar-refractivity contribution in [1.29, 1.82) is 0 Å². The van der Waals surface area contributed by atoms with Crippen LogP contribution < -0.4 is 5.32 Å². The number of rotatable bonds is 6. The van der Waals surface area contributed by atoms with Crippen LogP contribution in [0, 0.1) is 5.92 Å². The number of aryl methyl sites for hydroxylation is 1. The standard InChI is InChI=1S/C14H18BrNO3/c1-9(2)13(14(18)19)16-12(17)8-5-10-3-6-11(15)7-4-10/h3-4,6-7,9,13H,5,8H2,1-2H3,(H,16,17)(H,18,19). The van der Waals surface area contributed by atoms with Crippen molar-refractivity contribution < 1.29 is 14.7 Å². The molecule has 0 bridgehead atoms. The number of carboxylic acid groups (broad SMARTS) is 1. The predicted molar refractivity (Wildman–Crippen MR) is 76.9 cm³/mol. The van der Waals surface area contributed by atoms with Crippen molar-refractivity contribution in [3.63, 3.8) is 0 Å². The van der Waals surface area contributed by atoms with Gasteiger partial charge in [-0.05, 0) is 30.0 Å². The maximum Gasteiger partial charge on any atom is 0.326 e. The van der Waals surface area contributed by atoms with Crippen molar-refractivity contribution in [3.8, 4) is 0 Å². The molecule has 0 aliphatic rings. The van der Waals surface area contributed by atoms with Crippen molar-refractivity contribution in [2.75, 3.05) is 0 Å². The second-order valence-corrected chi connectivity index (χ2v) is 5.67. The summed E-state index contributed by atoms with van der Waals surface area (Å²) in [5, 5.41) is 11.5. The number of hydrogen-bond donors (Lipinski definition) is 2. The van der Waals surface area contributed by atoms with E-state index in [1.807, 2.05) is 24.3 Å². The van der Waals surface area contributed by atoms with Crippen LogP contribution in [-0.4, -0.2) is 23.0 Å². The first-order valence-electron chi connectivity index (χ1n) is 6.16. The lowest BCUT2D eigenvalue weighted by atomic mass is 10.0. The summed E-state index contributed by atoms with van der Waals surface area (Å²) in [7, 11) is 0. The summed E-state index contributed by atoms with van der Waals surface area (Å²) in [6.45, 7) is 3.54. The first-order valence-corrected chi connectivity index (χ1v) is 6.96. The highest BCUT2D eigenvalue weighted by Gasteiger charge is 2.22. The average molecular weight is 328 g/mol. The molecule has 4 nitrogen and oxygen atoms in total. The minimum absolute atomic E-state index is 0.130. The number of aliphatic carboxylic acids is 1. The molecule has 1 aromatic carbocycles. The molecular formula is C14H18BrNO3. The van der Waals surface area contributed by atoms with Crippen LogP contribution in [-0.2, 0) is 16.0 Å². The number of carbonyl (C=O) groups is 2. The zero-order valence-electron chi connectivity index (χ0n) is 11.0. The summed E-state index contributed by atoms with van der Waals surface area (Å²) in [6.07, 6.45) is 0.891. The van der Waals surface area contributed by atoms with Gasteiger partial charge in [0.15, 0.2) is 0 Å². The minimum atomic E-state index is -0.994. The normalized spacial score (nSPS) is 12.2. The average Bonchev–Trinajstić information content (AvgIpc) is 2.34. The largest absolute Gasteiger partial charge is 0.480 e. The van der Waals surface area contributed by atoms with Gasteiger partial charge in [0.2, 0.25) is 5.91 Å². The molecule has 0 radical (unpaired) electrons. The summed E-state index contributed by atoms with van der Waals surface area (Å²) >= 11 is 3.35. The molecule has 1 unspecified atom stereocenters. The first kappa shape index (κ1) is 15.7. The van der Waals surface area contributed by atoms with Gasteiger partial charge in [0.05, 0.1) is 0 Å². The summed E-state index contributed by atoms with van der Waals surface area (Å²) in [6, 6.07) is 6.89. The lowest BCUT2D eigenvalue weighted by Crippen LogP contribution is -2.44. The van der Waals surface area contributed by atoms with E-state index in [9.17, 15) is 9.59 Å². The van der Waals surface area contributed by atoms with Gasteiger partial charge in [-0.3, -0.25) is 4.79 Å². The van der Waals surface area contributed by atoms with Crippen LogP contribution in [0.25, 0.3) is 0 Å². The smallest absolute Gasteiger partial charge is 0.326 e. The highest BCUT2D eigenvalue weighted by Crippen LogP contribution is 2.12. The summed E-state index contributed by atoms with van der Waals surface area (Å²) in [4.78, 5) is 22.7. The highest BCUT2D eigenvalue weighted by molar-refractivity contribution is 9.10. The zero-order valence-corrected chi connectivity index (χ0v) is 12.6. The molecule has 0 saturated heterocycles. The van der Waals surface area contributed by atoms with E-state index in [-0.39, 0.29) is 18.2 Å². The Kier molecular flexibility index (Phi) is 6.02. The van der Waals surface area contributed by atoms with E-state index in [0.29, 0.717) is 6.42 Å². The molecule has 1 rings (SSSR count). The second kappa shape index (κ2) is 7.28. The second-order valence-electron chi connectivity index (χ2n) is 4.75. The van der Waals surface area contributed by atoms with E-state index in [4.69, 9.17) is 5.11 Å². The van der Waals surface area contributed by atoms with Crippen molar-refractivity contribution in [1.82, 2.24) is 5.32 Å². The molecule has 0 heterocycles. The van der Waals surface area contributed by atoms with Gasteiger partial charge in [0.25, 0.3) is 0 Å². The monoisotopic (exact) mass is 327 g/mol. The maximum atomic E-state index is 11.7. The Bertz CT molecular complexity index is 443. The van der Waals surface area contributed by atoms with Gasteiger partial charge in [-0.15, -0.1) is 0 Å². The third-order valence-corrected chi connectivity index (χ3v) is 3.33. The SMILES string of the molecule is CC(C)C(NC(=O)CCc1ccc(Br)cc1)C(=O)O. The Morgan fingerprint density at radius 1 is 1.26 bits per heavy atom. The third-order valence-electron chi connectivity index (χ3n) is 2.80. The fourth-order valence-corrected chi connectivity index (χ4v) is 1.93. The van der Waals surface area contributed by atoms with Crippen LogP contribution in [0.15, 0.2) is 28.7 Å². The lowest BCUT2D eigenvalue weighted by Gasteiger charge is -2.17. The maximum absolute atomic E-state index is 11.7. The highest BCUT2D eigenvalue weighted by atomic mass is 79.9. The number of benzene rings is 1. The van der Waals surface area contributed by atoms with E-state index >= 15 is 0 Å². The fourth-order valence-electron chi connectivity index (χ4n) is 1.67. The van der Waals surface area contributed by atoms with Crippen molar-refractivity contribution in [3.05, 3.63) is 34.3 Å². The van der Waals surface area contributed by atoms with Gasteiger partial charge in [0, 0.05) is 10.9 Å². The van der Waals surface area contributed by atoms with Crippen LogP contribution >= 0.6 is 15.9 Å². The van der Waals surface area contributed by atoms with E-state index < -0.39 is 12.0 Å². The minimum Gasteiger partial charge on any atom is -0.480 e. The van der Waals surface area contributed by atoms with Crippen molar-refractivity contribution in [2.45, 2.75) is 32.7 Å². The van der Waals surface area contributed by atoms with Crippen LogP contribution in [0.1, 0.15) is 25.8 Å². The molecular weight excluding hydrogens is 310 g/mol. The van der Waals surface area contributed by atoms with E-state index in [1.165, 1.54) is 0 Å². The number of halogens is 1. The Hall–Kier alpha value is -1.36. The topological polar surface area (TPSA) is 66.4 Å². The van der Waals surface area contributed by atoms with E-state index in [2.05, 4.69) is 21.2 Å². The Morgan fingerprint density at radius 2 is 1.84 bits per heavy atom. The lowest BCUT2D eigenvalue weighted by molar-refractivity contribution is -0.143. The molecule has 1 atom stereocenters. The summed E-state index contributed by atoms with van der Waals surface area (Å²) in [5.41, 5.74) is 1.05. The molecule has 1 amide bonds. The van der Waals surface area contributed by atoms with Gasteiger partial charge in [-0.2, -0.15) is 0 Å². The van der Waals surface area contributed by atoms with E-state index in [0.717, 1.165) is 10.0 Å². The third kappa shape index (κ3) is 5.42. The van der Waals surface area contributed by atoms with Gasteiger partial charge in [0.1, 0.15) is 6.04 Å². The number of hydrogen-bond acceptors (Lipinski definition) is 2.